The van der Waals surface area contributed by atoms with E-state index in [1.54, 1.807) is 0 Å². The Hall–Kier alpha value is -2.68. The van der Waals surface area contributed by atoms with E-state index in [-0.39, 0.29) is 5.97 Å². The third kappa shape index (κ3) is 7.21. The van der Waals surface area contributed by atoms with E-state index < -0.39 is 12.7 Å². The largest absolute Gasteiger partial charge is 0.465 e. The van der Waals surface area contributed by atoms with Crippen molar-refractivity contribution in [2.24, 2.45) is 0 Å². The molecule has 2 atom stereocenters. The van der Waals surface area contributed by atoms with Crippen molar-refractivity contribution < 1.29 is 22.7 Å². The highest BCUT2D eigenvalue weighted by Gasteiger charge is 2.32. The maximum absolute atomic E-state index is 12.8. The van der Waals surface area contributed by atoms with Crippen molar-refractivity contribution in [3.63, 3.8) is 0 Å². The van der Waals surface area contributed by atoms with Gasteiger partial charge >= 0.3 is 12.1 Å². The van der Waals surface area contributed by atoms with Crippen molar-refractivity contribution in [2.45, 2.75) is 51.6 Å². The summed E-state index contributed by atoms with van der Waals surface area (Å²) in [6.45, 7) is 7.89. The van der Waals surface area contributed by atoms with E-state index in [0.717, 1.165) is 42.9 Å². The van der Waals surface area contributed by atoms with Gasteiger partial charge in [0.25, 0.3) is 0 Å². The minimum atomic E-state index is -4.16. The number of nitrogens with zero attached hydrogens (tertiary/aromatic N) is 3. The normalized spacial score (nSPS) is 22.1. The standard InChI is InChI=1S/C29H36F3N3O2/c1-21-16-34(18-23-8-10-25(11-9-23)28(36)37-3)17-22(2)35(21)19-26-6-4-5-7-27(26)24-12-14-33(15-13-24)20-29(30,31)32/h4-12,21-22H,13-20H2,1-3H3/t21-,22+. The zero-order valence-corrected chi connectivity index (χ0v) is 21.8. The highest BCUT2D eigenvalue weighted by molar-refractivity contribution is 5.89. The van der Waals surface area contributed by atoms with Crippen LogP contribution in [-0.2, 0) is 17.8 Å². The molecule has 1 saturated heterocycles. The Balaban J connectivity index is 1.39. The Kier molecular flexibility index (Phi) is 8.72. The molecule has 0 aromatic heterocycles. The van der Waals surface area contributed by atoms with Crippen molar-refractivity contribution in [3.8, 4) is 0 Å². The Morgan fingerprint density at radius 3 is 2.24 bits per heavy atom. The van der Waals surface area contributed by atoms with Crippen LogP contribution in [0.15, 0.2) is 54.6 Å². The number of methoxy groups -OCH3 is 1. The van der Waals surface area contributed by atoms with Gasteiger partial charge in [-0.3, -0.25) is 14.7 Å². The predicted molar refractivity (Wildman–Crippen MR) is 139 cm³/mol. The van der Waals surface area contributed by atoms with E-state index in [0.29, 0.717) is 37.2 Å². The summed E-state index contributed by atoms with van der Waals surface area (Å²) in [5.41, 5.74) is 5.24. The van der Waals surface area contributed by atoms with Crippen molar-refractivity contribution in [1.29, 1.82) is 0 Å². The number of ether oxygens (including phenoxy) is 1. The SMILES string of the molecule is COC(=O)c1ccc(CN2C[C@@H](C)N(Cc3ccccc3C3=CCN(CC(F)(F)F)CC3)[C@@H](C)C2)cc1. The van der Waals surface area contributed by atoms with Gasteiger partial charge in [-0.25, -0.2) is 4.79 Å². The Morgan fingerprint density at radius 1 is 0.973 bits per heavy atom. The van der Waals surface area contributed by atoms with Crippen LogP contribution in [0, 0.1) is 0 Å². The maximum atomic E-state index is 12.8. The molecular weight excluding hydrogens is 479 g/mol. The predicted octanol–water partition coefficient (Wildman–Crippen LogP) is 5.22. The van der Waals surface area contributed by atoms with Crippen molar-refractivity contribution in [3.05, 3.63) is 76.9 Å². The maximum Gasteiger partial charge on any atom is 0.401 e. The van der Waals surface area contributed by atoms with Crippen LogP contribution in [0.2, 0.25) is 0 Å². The van der Waals surface area contributed by atoms with Gasteiger partial charge in [0.05, 0.1) is 19.2 Å². The molecule has 0 N–H and O–H groups in total. The van der Waals surface area contributed by atoms with Gasteiger partial charge in [0, 0.05) is 51.4 Å². The number of alkyl halides is 3. The molecule has 0 spiro atoms. The number of hydrogen-bond acceptors (Lipinski definition) is 5. The number of carbonyl (C=O) groups is 1. The van der Waals surface area contributed by atoms with Crippen LogP contribution in [0.5, 0.6) is 0 Å². The number of piperazine rings is 1. The number of esters is 1. The summed E-state index contributed by atoms with van der Waals surface area (Å²) >= 11 is 0. The lowest BCUT2D eigenvalue weighted by Gasteiger charge is -2.45. The highest BCUT2D eigenvalue weighted by atomic mass is 19.4. The average molecular weight is 516 g/mol. The Labute approximate surface area is 217 Å². The first-order chi connectivity index (χ1) is 17.6. The number of carbonyl (C=O) groups excluding carboxylic acids is 1. The van der Waals surface area contributed by atoms with Gasteiger partial charge in [0.2, 0.25) is 0 Å². The highest BCUT2D eigenvalue weighted by Crippen LogP contribution is 2.29. The van der Waals surface area contributed by atoms with Gasteiger partial charge in [-0.05, 0) is 54.7 Å². The minimum absolute atomic E-state index is 0.328. The molecule has 8 heteroatoms. The van der Waals surface area contributed by atoms with Crippen molar-refractivity contribution in [2.75, 3.05) is 39.8 Å². The number of hydrogen-bond donors (Lipinski definition) is 0. The zero-order valence-electron chi connectivity index (χ0n) is 21.8. The molecule has 5 nitrogen and oxygen atoms in total. The van der Waals surface area contributed by atoms with E-state index in [9.17, 15) is 18.0 Å². The van der Waals surface area contributed by atoms with Crippen LogP contribution >= 0.6 is 0 Å². The smallest absolute Gasteiger partial charge is 0.401 e. The lowest BCUT2D eigenvalue weighted by atomic mass is 9.93. The molecule has 0 amide bonds. The summed E-state index contributed by atoms with van der Waals surface area (Å²) in [6, 6.07) is 16.6. The van der Waals surface area contributed by atoms with Crippen molar-refractivity contribution in [1.82, 2.24) is 14.7 Å². The van der Waals surface area contributed by atoms with Crippen LogP contribution in [0.3, 0.4) is 0 Å². The van der Waals surface area contributed by atoms with E-state index in [4.69, 9.17) is 4.74 Å². The fourth-order valence-electron chi connectivity index (χ4n) is 5.55. The van der Waals surface area contributed by atoms with Crippen LogP contribution in [-0.4, -0.2) is 78.8 Å². The molecular formula is C29H36F3N3O2. The lowest BCUT2D eigenvalue weighted by Crippen LogP contribution is -2.55. The fourth-order valence-corrected chi connectivity index (χ4v) is 5.55. The first-order valence-electron chi connectivity index (χ1n) is 12.8. The van der Waals surface area contributed by atoms with Gasteiger partial charge in [-0.15, -0.1) is 0 Å². The Morgan fingerprint density at radius 2 is 1.65 bits per heavy atom. The summed E-state index contributed by atoms with van der Waals surface area (Å²) in [6.07, 6.45) is -1.57. The molecule has 2 aliphatic rings. The number of halogens is 3. The molecule has 2 heterocycles. The van der Waals surface area contributed by atoms with Crippen LogP contribution in [0.1, 0.15) is 47.3 Å². The minimum Gasteiger partial charge on any atom is -0.465 e. The van der Waals surface area contributed by atoms with Crippen LogP contribution in [0.25, 0.3) is 5.57 Å². The average Bonchev–Trinajstić information content (AvgIpc) is 2.86. The molecule has 1 fully saturated rings. The molecule has 200 valence electrons. The number of benzene rings is 2. The second-order valence-corrected chi connectivity index (χ2v) is 10.2. The molecule has 4 rings (SSSR count). The summed E-state index contributed by atoms with van der Waals surface area (Å²) in [4.78, 5) is 18.1. The van der Waals surface area contributed by atoms with Gasteiger partial charge in [-0.1, -0.05) is 42.5 Å². The molecule has 0 bridgehead atoms. The fraction of sp³-hybridized carbons (Fsp3) is 0.483. The second-order valence-electron chi connectivity index (χ2n) is 10.2. The molecule has 37 heavy (non-hydrogen) atoms. The molecule has 0 radical (unpaired) electrons. The molecule has 0 aliphatic carbocycles. The van der Waals surface area contributed by atoms with E-state index in [1.807, 2.05) is 42.5 Å². The second kappa shape index (κ2) is 11.8. The quantitative estimate of drug-likeness (QED) is 0.473. The molecule has 2 aromatic carbocycles. The van der Waals surface area contributed by atoms with E-state index in [2.05, 4.69) is 35.8 Å². The molecule has 2 aromatic rings. The number of rotatable bonds is 7. The topological polar surface area (TPSA) is 36.0 Å². The molecule has 0 saturated carbocycles. The summed E-state index contributed by atoms with van der Waals surface area (Å²) in [7, 11) is 1.38. The summed E-state index contributed by atoms with van der Waals surface area (Å²) in [5, 5.41) is 0. The van der Waals surface area contributed by atoms with Gasteiger partial charge < -0.3 is 4.74 Å². The third-order valence-electron chi connectivity index (χ3n) is 7.37. The van der Waals surface area contributed by atoms with Gasteiger partial charge in [-0.2, -0.15) is 13.2 Å². The van der Waals surface area contributed by atoms with Crippen LogP contribution < -0.4 is 0 Å². The molecule has 0 unspecified atom stereocenters. The summed E-state index contributed by atoms with van der Waals surface area (Å²) < 4.78 is 43.1. The zero-order chi connectivity index (χ0) is 26.6. The van der Waals surface area contributed by atoms with E-state index >= 15 is 0 Å². The van der Waals surface area contributed by atoms with Gasteiger partial charge in [0.1, 0.15) is 0 Å². The van der Waals surface area contributed by atoms with Crippen LogP contribution in [0.4, 0.5) is 13.2 Å². The monoisotopic (exact) mass is 515 g/mol. The Bertz CT molecular complexity index is 1090. The van der Waals surface area contributed by atoms with E-state index in [1.165, 1.54) is 17.6 Å². The van der Waals surface area contributed by atoms with Crippen molar-refractivity contribution >= 4 is 11.5 Å². The lowest BCUT2D eigenvalue weighted by molar-refractivity contribution is -0.144. The third-order valence-corrected chi connectivity index (χ3v) is 7.37. The van der Waals surface area contributed by atoms with Gasteiger partial charge in [0.15, 0.2) is 0 Å². The first kappa shape index (κ1) is 27.4. The first-order valence-corrected chi connectivity index (χ1v) is 12.8. The summed E-state index contributed by atoms with van der Waals surface area (Å²) in [5.74, 6) is -0.328. The molecule has 2 aliphatic heterocycles.